The van der Waals surface area contributed by atoms with Crippen LogP contribution >= 0.6 is 11.3 Å². The van der Waals surface area contributed by atoms with E-state index in [9.17, 15) is 4.79 Å². The fourth-order valence-electron chi connectivity index (χ4n) is 3.36. The summed E-state index contributed by atoms with van der Waals surface area (Å²) in [5, 5.41) is 8.88. The van der Waals surface area contributed by atoms with Crippen molar-refractivity contribution in [3.8, 4) is 10.7 Å². The summed E-state index contributed by atoms with van der Waals surface area (Å²) >= 11 is 1.34. The SMILES string of the molecule is CC(C)[C@H](C)NC(=O)c1cnc(-c2noc3cc(N4CCCCC4)ccc23)s1. The zero-order valence-electron chi connectivity index (χ0n) is 16.6. The number of amides is 1. The van der Waals surface area contributed by atoms with Gasteiger partial charge in [-0.15, -0.1) is 11.3 Å². The van der Waals surface area contributed by atoms with E-state index in [1.165, 1.54) is 36.3 Å². The zero-order valence-corrected chi connectivity index (χ0v) is 17.4. The average molecular weight is 399 g/mol. The summed E-state index contributed by atoms with van der Waals surface area (Å²) in [7, 11) is 0. The minimum Gasteiger partial charge on any atom is -0.371 e. The van der Waals surface area contributed by atoms with E-state index in [4.69, 9.17) is 4.52 Å². The van der Waals surface area contributed by atoms with Crippen LogP contribution in [0.25, 0.3) is 21.7 Å². The second kappa shape index (κ2) is 7.91. The summed E-state index contributed by atoms with van der Waals surface area (Å²) in [6, 6.07) is 6.34. The molecule has 28 heavy (non-hydrogen) atoms. The number of nitrogens with zero attached hydrogens (tertiary/aromatic N) is 3. The van der Waals surface area contributed by atoms with E-state index >= 15 is 0 Å². The quantitative estimate of drug-likeness (QED) is 0.673. The van der Waals surface area contributed by atoms with Gasteiger partial charge in [-0.05, 0) is 44.2 Å². The average Bonchev–Trinajstić information content (AvgIpc) is 3.35. The Balaban J connectivity index is 1.56. The minimum atomic E-state index is -0.0925. The second-order valence-electron chi connectivity index (χ2n) is 7.80. The number of hydrogen-bond donors (Lipinski definition) is 1. The van der Waals surface area contributed by atoms with Crippen LogP contribution in [0.3, 0.4) is 0 Å². The fraction of sp³-hybridized carbons (Fsp3) is 0.476. The van der Waals surface area contributed by atoms with E-state index in [-0.39, 0.29) is 11.9 Å². The van der Waals surface area contributed by atoms with Gasteiger partial charge in [0.2, 0.25) is 0 Å². The number of thiazole rings is 1. The van der Waals surface area contributed by atoms with Gasteiger partial charge in [-0.2, -0.15) is 0 Å². The van der Waals surface area contributed by atoms with Crippen molar-refractivity contribution in [3.05, 3.63) is 29.3 Å². The highest BCUT2D eigenvalue weighted by Crippen LogP contribution is 2.33. The predicted molar refractivity (Wildman–Crippen MR) is 113 cm³/mol. The maximum atomic E-state index is 12.4. The molecule has 1 N–H and O–H groups in total. The third kappa shape index (κ3) is 3.76. The molecule has 1 aliphatic rings. The molecule has 0 spiro atoms. The Bertz CT molecular complexity index is 972. The maximum Gasteiger partial charge on any atom is 0.263 e. The molecule has 3 aromatic rings. The summed E-state index contributed by atoms with van der Waals surface area (Å²) in [4.78, 5) is 19.8. The minimum absolute atomic E-state index is 0.0925. The van der Waals surface area contributed by atoms with Gasteiger partial charge in [0, 0.05) is 30.9 Å². The number of hydrogen-bond acceptors (Lipinski definition) is 6. The molecule has 0 aliphatic carbocycles. The van der Waals surface area contributed by atoms with Crippen LogP contribution in [0.15, 0.2) is 28.9 Å². The van der Waals surface area contributed by atoms with Crippen LogP contribution in [0.4, 0.5) is 5.69 Å². The van der Waals surface area contributed by atoms with Gasteiger partial charge in [-0.1, -0.05) is 19.0 Å². The molecule has 1 saturated heterocycles. The van der Waals surface area contributed by atoms with Crippen LogP contribution in [0.5, 0.6) is 0 Å². The molecule has 0 radical (unpaired) electrons. The van der Waals surface area contributed by atoms with Crippen molar-refractivity contribution in [1.29, 1.82) is 0 Å². The topological polar surface area (TPSA) is 71.3 Å². The van der Waals surface area contributed by atoms with Crippen molar-refractivity contribution in [3.63, 3.8) is 0 Å². The summed E-state index contributed by atoms with van der Waals surface area (Å²) < 4.78 is 5.59. The molecule has 0 unspecified atom stereocenters. The molecule has 1 aliphatic heterocycles. The van der Waals surface area contributed by atoms with Crippen LogP contribution in [0.1, 0.15) is 49.7 Å². The van der Waals surface area contributed by atoms with Gasteiger partial charge >= 0.3 is 0 Å². The molecular weight excluding hydrogens is 372 g/mol. The lowest BCUT2D eigenvalue weighted by molar-refractivity contribution is 0.0934. The predicted octanol–water partition coefficient (Wildman–Crippen LogP) is 4.72. The zero-order chi connectivity index (χ0) is 19.7. The number of rotatable bonds is 5. The molecule has 6 nitrogen and oxygen atoms in total. The molecular formula is C21H26N4O2S. The smallest absolute Gasteiger partial charge is 0.263 e. The van der Waals surface area contributed by atoms with Gasteiger partial charge < -0.3 is 14.7 Å². The van der Waals surface area contributed by atoms with E-state index in [0.717, 1.165) is 24.1 Å². The second-order valence-corrected chi connectivity index (χ2v) is 8.83. The Labute approximate surface area is 168 Å². The highest BCUT2D eigenvalue weighted by molar-refractivity contribution is 7.17. The Morgan fingerprint density at radius 1 is 1.21 bits per heavy atom. The van der Waals surface area contributed by atoms with Gasteiger partial charge in [0.25, 0.3) is 5.91 Å². The maximum absolute atomic E-state index is 12.4. The first-order valence-electron chi connectivity index (χ1n) is 9.94. The lowest BCUT2D eigenvalue weighted by Gasteiger charge is -2.28. The van der Waals surface area contributed by atoms with E-state index in [0.29, 0.717) is 21.5 Å². The van der Waals surface area contributed by atoms with E-state index < -0.39 is 0 Å². The summed E-state index contributed by atoms with van der Waals surface area (Å²) in [6.07, 6.45) is 5.39. The molecule has 7 heteroatoms. The Morgan fingerprint density at radius 3 is 2.75 bits per heavy atom. The number of carbonyl (C=O) groups is 1. The third-order valence-electron chi connectivity index (χ3n) is 5.47. The van der Waals surface area contributed by atoms with Crippen LogP contribution in [-0.4, -0.2) is 35.2 Å². The summed E-state index contributed by atoms with van der Waals surface area (Å²) in [6.45, 7) is 8.36. The number of piperidine rings is 1. The molecule has 3 heterocycles. The first-order chi connectivity index (χ1) is 13.5. The molecule has 1 fully saturated rings. The number of aromatic nitrogens is 2. The van der Waals surface area contributed by atoms with Gasteiger partial charge in [-0.25, -0.2) is 4.98 Å². The van der Waals surface area contributed by atoms with Crippen molar-refractivity contribution in [1.82, 2.24) is 15.5 Å². The number of benzene rings is 1. The molecule has 1 aromatic carbocycles. The Hall–Kier alpha value is -2.41. The number of carbonyl (C=O) groups excluding carboxylic acids is 1. The van der Waals surface area contributed by atoms with Crippen LogP contribution in [0.2, 0.25) is 0 Å². The molecule has 1 atom stereocenters. The largest absolute Gasteiger partial charge is 0.371 e. The van der Waals surface area contributed by atoms with Crippen LogP contribution < -0.4 is 10.2 Å². The molecule has 0 bridgehead atoms. The Kier molecular flexibility index (Phi) is 5.35. The van der Waals surface area contributed by atoms with Crippen molar-refractivity contribution < 1.29 is 9.32 Å². The lowest BCUT2D eigenvalue weighted by atomic mass is 10.1. The summed E-state index contributed by atoms with van der Waals surface area (Å²) in [5.74, 6) is 0.287. The van der Waals surface area contributed by atoms with E-state index in [1.807, 2.05) is 13.0 Å². The van der Waals surface area contributed by atoms with E-state index in [1.54, 1.807) is 6.20 Å². The van der Waals surface area contributed by atoms with Gasteiger partial charge in [0.05, 0.1) is 11.6 Å². The first kappa shape index (κ1) is 18.9. The molecule has 4 rings (SSSR count). The van der Waals surface area contributed by atoms with Crippen molar-refractivity contribution >= 4 is 33.9 Å². The highest BCUT2D eigenvalue weighted by atomic mass is 32.1. The lowest BCUT2D eigenvalue weighted by Crippen LogP contribution is -2.35. The van der Waals surface area contributed by atoms with Gasteiger partial charge in [0.15, 0.2) is 5.58 Å². The molecule has 1 amide bonds. The fourth-order valence-corrected chi connectivity index (χ4v) is 4.18. The van der Waals surface area contributed by atoms with Crippen LogP contribution in [0, 0.1) is 5.92 Å². The number of nitrogens with one attached hydrogen (secondary N) is 1. The molecule has 2 aromatic heterocycles. The normalized spacial score (nSPS) is 15.9. The van der Waals surface area contributed by atoms with Gasteiger partial charge in [-0.3, -0.25) is 4.79 Å². The van der Waals surface area contributed by atoms with Crippen molar-refractivity contribution in [2.45, 2.75) is 46.1 Å². The molecule has 0 saturated carbocycles. The molecule has 148 valence electrons. The first-order valence-corrected chi connectivity index (χ1v) is 10.8. The van der Waals surface area contributed by atoms with Crippen molar-refractivity contribution in [2.24, 2.45) is 5.92 Å². The number of anilines is 1. The van der Waals surface area contributed by atoms with Crippen LogP contribution in [-0.2, 0) is 0 Å². The van der Waals surface area contributed by atoms with E-state index in [2.05, 4.69) is 46.3 Å². The summed E-state index contributed by atoms with van der Waals surface area (Å²) in [5.41, 5.74) is 2.63. The van der Waals surface area contributed by atoms with Gasteiger partial charge in [0.1, 0.15) is 15.6 Å². The standard InChI is InChI=1S/C21H26N4O2S/c1-13(2)14(3)23-20(26)18-12-22-21(28-18)19-16-8-7-15(11-17(16)27-24-19)25-9-5-4-6-10-25/h7-8,11-14H,4-6,9-10H2,1-3H3,(H,23,26)/t14-/m0/s1. The van der Waals surface area contributed by atoms with Crippen molar-refractivity contribution in [2.75, 3.05) is 18.0 Å². The highest BCUT2D eigenvalue weighted by Gasteiger charge is 2.20. The third-order valence-corrected chi connectivity index (χ3v) is 6.47. The number of fused-ring (bicyclic) bond motifs is 1. The Morgan fingerprint density at radius 2 is 2.00 bits per heavy atom. The monoisotopic (exact) mass is 398 g/mol.